The molecular weight excluding hydrogens is 258 g/mol. The highest BCUT2D eigenvalue weighted by Gasteiger charge is 2.24. The van der Waals surface area contributed by atoms with Crippen molar-refractivity contribution in [2.24, 2.45) is 0 Å². The molecule has 0 radical (unpaired) electrons. The Hall–Kier alpha value is -1.46. The number of hydrogen-bond donors (Lipinski definition) is 2. The maximum Gasteiger partial charge on any atom is 0.195 e. The molecule has 4 nitrogen and oxygen atoms in total. The van der Waals surface area contributed by atoms with Crippen LogP contribution in [0.3, 0.4) is 0 Å². The van der Waals surface area contributed by atoms with Crippen molar-refractivity contribution in [3.63, 3.8) is 0 Å². The van der Waals surface area contributed by atoms with E-state index in [2.05, 4.69) is 36.2 Å². The molecule has 2 aromatic rings. The Kier molecular flexibility index (Phi) is 4.17. The van der Waals surface area contributed by atoms with Crippen molar-refractivity contribution < 1.29 is 5.11 Å². The van der Waals surface area contributed by atoms with Gasteiger partial charge in [0.1, 0.15) is 6.61 Å². The summed E-state index contributed by atoms with van der Waals surface area (Å²) in [5.41, 5.74) is 1.12. The van der Waals surface area contributed by atoms with Crippen LogP contribution in [0.1, 0.15) is 31.7 Å². The zero-order valence-corrected chi connectivity index (χ0v) is 12.1. The van der Waals surface area contributed by atoms with E-state index in [4.69, 9.17) is 12.2 Å². The summed E-state index contributed by atoms with van der Waals surface area (Å²) in [5.74, 6) is 0.586. The molecule has 1 aromatic carbocycles. The van der Waals surface area contributed by atoms with Crippen LogP contribution in [0.5, 0.6) is 0 Å². The predicted octanol–water partition coefficient (Wildman–Crippen LogP) is 2.80. The van der Waals surface area contributed by atoms with E-state index in [1.54, 1.807) is 0 Å². The van der Waals surface area contributed by atoms with Crippen molar-refractivity contribution in [1.29, 1.82) is 0 Å². The molecule has 0 saturated carbocycles. The van der Waals surface area contributed by atoms with Gasteiger partial charge in [-0.15, -0.1) is 0 Å². The molecule has 0 bridgehead atoms. The fourth-order valence-electron chi connectivity index (χ4n) is 2.27. The molecule has 0 aliphatic rings. The summed E-state index contributed by atoms with van der Waals surface area (Å²) in [6.45, 7) is 4.11. The number of H-pyrrole nitrogens is 1. The van der Waals surface area contributed by atoms with Gasteiger partial charge in [-0.25, -0.2) is 0 Å². The van der Waals surface area contributed by atoms with E-state index in [9.17, 15) is 5.11 Å². The Labute approximate surface area is 118 Å². The summed E-state index contributed by atoms with van der Waals surface area (Å²) < 4.78 is 2.47. The molecular formula is C14H19N3OS. The number of aliphatic hydroxyl groups is 1. The largest absolute Gasteiger partial charge is 0.388 e. The minimum Gasteiger partial charge on any atom is -0.388 e. The minimum atomic E-state index is -0.183. The monoisotopic (exact) mass is 277 g/mol. The zero-order valence-electron chi connectivity index (χ0n) is 11.3. The first-order valence-electron chi connectivity index (χ1n) is 6.36. The second-order valence-electron chi connectivity index (χ2n) is 5.24. The molecule has 0 aliphatic carbocycles. The predicted molar refractivity (Wildman–Crippen MR) is 77.4 cm³/mol. The lowest BCUT2D eigenvalue weighted by molar-refractivity contribution is 0.237. The fraction of sp³-hybridized carbons (Fsp3) is 0.429. The number of nitrogens with one attached hydrogen (secondary N) is 1. The lowest BCUT2D eigenvalue weighted by Gasteiger charge is -2.27. The number of benzene rings is 1. The Morgan fingerprint density at radius 3 is 2.63 bits per heavy atom. The molecule has 1 aromatic heterocycles. The molecule has 1 heterocycles. The Bertz CT molecular complexity index is 586. The fourth-order valence-corrected chi connectivity index (χ4v) is 2.66. The van der Waals surface area contributed by atoms with Crippen LogP contribution in [0.2, 0.25) is 0 Å². The van der Waals surface area contributed by atoms with Crippen molar-refractivity contribution in [3.05, 3.63) is 46.5 Å². The lowest BCUT2D eigenvalue weighted by atomic mass is 9.95. The van der Waals surface area contributed by atoms with Crippen LogP contribution in [0.25, 0.3) is 0 Å². The van der Waals surface area contributed by atoms with Gasteiger partial charge in [0.05, 0.1) is 0 Å². The van der Waals surface area contributed by atoms with Crippen LogP contribution in [-0.4, -0.2) is 19.9 Å². The smallest absolute Gasteiger partial charge is 0.195 e. The van der Waals surface area contributed by atoms with E-state index in [1.165, 1.54) is 5.56 Å². The van der Waals surface area contributed by atoms with Gasteiger partial charge >= 0.3 is 0 Å². The van der Waals surface area contributed by atoms with Crippen LogP contribution in [0, 0.1) is 4.77 Å². The number of aromatic nitrogens is 3. The normalized spacial score (nSPS) is 11.7. The molecule has 0 aliphatic heterocycles. The van der Waals surface area contributed by atoms with E-state index in [0.29, 0.717) is 10.6 Å². The second kappa shape index (κ2) is 5.67. The number of aryl methyl sites for hydroxylation is 1. The van der Waals surface area contributed by atoms with Crippen LogP contribution in [0.15, 0.2) is 30.3 Å². The number of nitrogens with zero attached hydrogens (tertiary/aromatic N) is 2. The second-order valence-corrected chi connectivity index (χ2v) is 5.62. The molecule has 0 spiro atoms. The average molecular weight is 277 g/mol. The molecule has 19 heavy (non-hydrogen) atoms. The minimum absolute atomic E-state index is 0.109. The number of aromatic amines is 1. The van der Waals surface area contributed by atoms with Gasteiger partial charge in [-0.2, -0.15) is 5.10 Å². The van der Waals surface area contributed by atoms with Gasteiger partial charge in [-0.1, -0.05) is 30.3 Å². The average Bonchev–Trinajstić information content (AvgIpc) is 2.80. The van der Waals surface area contributed by atoms with E-state index >= 15 is 0 Å². The molecule has 0 amide bonds. The summed E-state index contributed by atoms with van der Waals surface area (Å²) in [7, 11) is 0. The Balaban J connectivity index is 2.18. The summed E-state index contributed by atoms with van der Waals surface area (Å²) >= 11 is 5.25. The SMILES string of the molecule is CC(C)(CCc1ccccc1)n1c(CO)n[nH]c1=S. The van der Waals surface area contributed by atoms with Gasteiger partial charge in [-0.05, 0) is 44.5 Å². The highest BCUT2D eigenvalue weighted by molar-refractivity contribution is 7.71. The maximum atomic E-state index is 9.33. The molecule has 102 valence electrons. The molecule has 2 N–H and O–H groups in total. The standard InChI is InChI=1S/C14H19N3OS/c1-14(2,9-8-11-6-4-3-5-7-11)17-12(10-18)15-16-13(17)19/h3-7,18H,8-10H2,1-2H3,(H,16,19). The topological polar surface area (TPSA) is 53.8 Å². The van der Waals surface area contributed by atoms with Crippen molar-refractivity contribution in [3.8, 4) is 0 Å². The van der Waals surface area contributed by atoms with Crippen molar-refractivity contribution in [2.45, 2.75) is 38.8 Å². The number of aliphatic hydroxyl groups excluding tert-OH is 1. The van der Waals surface area contributed by atoms with Gasteiger partial charge in [0.25, 0.3) is 0 Å². The Morgan fingerprint density at radius 1 is 1.32 bits per heavy atom. The van der Waals surface area contributed by atoms with Gasteiger partial charge in [0.2, 0.25) is 0 Å². The lowest BCUT2D eigenvalue weighted by Crippen LogP contribution is -2.29. The third kappa shape index (κ3) is 3.11. The summed E-state index contributed by atoms with van der Waals surface area (Å²) in [6.07, 6.45) is 1.89. The third-order valence-electron chi connectivity index (χ3n) is 3.36. The van der Waals surface area contributed by atoms with Crippen LogP contribution in [-0.2, 0) is 18.6 Å². The number of hydrogen-bond acceptors (Lipinski definition) is 3. The van der Waals surface area contributed by atoms with Gasteiger partial charge < -0.3 is 5.11 Å². The Morgan fingerprint density at radius 2 is 2.00 bits per heavy atom. The first-order chi connectivity index (χ1) is 9.04. The summed E-state index contributed by atoms with van der Waals surface area (Å²) in [6, 6.07) is 10.4. The van der Waals surface area contributed by atoms with Crippen molar-refractivity contribution in [1.82, 2.24) is 14.8 Å². The molecule has 0 saturated heterocycles. The van der Waals surface area contributed by atoms with E-state index in [0.717, 1.165) is 12.8 Å². The van der Waals surface area contributed by atoms with Crippen LogP contribution >= 0.6 is 12.2 Å². The van der Waals surface area contributed by atoms with E-state index in [1.807, 2.05) is 22.8 Å². The first kappa shape index (κ1) is 14.0. The highest BCUT2D eigenvalue weighted by atomic mass is 32.1. The molecule has 2 rings (SSSR count). The third-order valence-corrected chi connectivity index (χ3v) is 3.63. The quantitative estimate of drug-likeness (QED) is 0.826. The van der Waals surface area contributed by atoms with Gasteiger partial charge in [-0.3, -0.25) is 9.67 Å². The highest BCUT2D eigenvalue weighted by Crippen LogP contribution is 2.24. The molecule has 5 heteroatoms. The van der Waals surface area contributed by atoms with Gasteiger partial charge in [0.15, 0.2) is 10.6 Å². The maximum absolute atomic E-state index is 9.33. The van der Waals surface area contributed by atoms with Crippen LogP contribution < -0.4 is 0 Å². The van der Waals surface area contributed by atoms with E-state index in [-0.39, 0.29) is 12.1 Å². The molecule has 0 atom stereocenters. The summed E-state index contributed by atoms with van der Waals surface area (Å²) in [5, 5.41) is 16.1. The zero-order chi connectivity index (χ0) is 13.9. The molecule has 0 unspecified atom stereocenters. The van der Waals surface area contributed by atoms with Crippen molar-refractivity contribution in [2.75, 3.05) is 0 Å². The van der Waals surface area contributed by atoms with Crippen molar-refractivity contribution >= 4 is 12.2 Å². The first-order valence-corrected chi connectivity index (χ1v) is 6.77. The van der Waals surface area contributed by atoms with E-state index < -0.39 is 0 Å². The van der Waals surface area contributed by atoms with Gasteiger partial charge in [0, 0.05) is 5.54 Å². The number of rotatable bonds is 5. The van der Waals surface area contributed by atoms with Crippen LogP contribution in [0.4, 0.5) is 0 Å². The summed E-state index contributed by atoms with van der Waals surface area (Å²) in [4.78, 5) is 0. The molecule has 0 fully saturated rings.